The molecule has 2 aliphatic rings. The molecule has 0 amide bonds. The van der Waals surface area contributed by atoms with Crippen LogP contribution in [0.1, 0.15) is 33.6 Å². The number of hydrogen-bond acceptors (Lipinski definition) is 1. The summed E-state index contributed by atoms with van der Waals surface area (Å²) in [5, 5.41) is 0. The zero-order chi connectivity index (χ0) is 8.22. The Labute approximate surface area is 69.4 Å². The lowest BCUT2D eigenvalue weighted by Crippen LogP contribution is -2.26. The van der Waals surface area contributed by atoms with Crippen LogP contribution in [0, 0.1) is 23.2 Å². The van der Waals surface area contributed by atoms with E-state index in [4.69, 9.17) is 5.73 Å². The molecule has 0 bridgehead atoms. The molecule has 2 N–H and O–H groups in total. The third kappa shape index (κ3) is 0.807. The van der Waals surface area contributed by atoms with Crippen LogP contribution >= 0.6 is 0 Å². The smallest absolute Gasteiger partial charge is 0.00728 e. The van der Waals surface area contributed by atoms with E-state index in [1.165, 1.54) is 12.8 Å². The first-order chi connectivity index (χ1) is 5.08. The summed E-state index contributed by atoms with van der Waals surface area (Å²) in [6.45, 7) is 7.03. The van der Waals surface area contributed by atoms with Gasteiger partial charge in [0.1, 0.15) is 0 Å². The van der Waals surface area contributed by atoms with Gasteiger partial charge in [-0.25, -0.2) is 0 Å². The molecule has 0 unspecified atom stereocenters. The maximum atomic E-state index is 6.02. The molecule has 64 valence electrons. The van der Waals surface area contributed by atoms with E-state index in [1.54, 1.807) is 0 Å². The van der Waals surface area contributed by atoms with Gasteiger partial charge in [-0.1, -0.05) is 20.8 Å². The maximum absolute atomic E-state index is 6.02. The lowest BCUT2D eigenvalue weighted by Gasteiger charge is -2.18. The minimum absolute atomic E-state index is 0.496. The van der Waals surface area contributed by atoms with Crippen molar-refractivity contribution in [3.63, 3.8) is 0 Å². The van der Waals surface area contributed by atoms with Gasteiger partial charge in [-0.3, -0.25) is 0 Å². The van der Waals surface area contributed by atoms with Gasteiger partial charge in [-0.05, 0) is 36.0 Å². The summed E-state index contributed by atoms with van der Waals surface area (Å²) in [6, 6.07) is 0.496. The van der Waals surface area contributed by atoms with Gasteiger partial charge >= 0.3 is 0 Å². The minimum atomic E-state index is 0.496. The van der Waals surface area contributed by atoms with Gasteiger partial charge in [0, 0.05) is 6.04 Å². The molecule has 0 aromatic rings. The molecule has 2 rings (SSSR count). The van der Waals surface area contributed by atoms with Crippen molar-refractivity contribution < 1.29 is 0 Å². The van der Waals surface area contributed by atoms with Gasteiger partial charge in [0.05, 0.1) is 0 Å². The summed E-state index contributed by atoms with van der Waals surface area (Å²) in [7, 11) is 0. The molecule has 0 radical (unpaired) electrons. The SMILES string of the molecule is CC(C)[C@]12C[C@@H](N)[C@H](C)[C@H]1C2. The number of nitrogens with two attached hydrogens (primary N) is 1. The third-order valence-corrected chi connectivity index (χ3v) is 4.25. The molecule has 0 spiro atoms. The summed E-state index contributed by atoms with van der Waals surface area (Å²) >= 11 is 0. The van der Waals surface area contributed by atoms with Crippen molar-refractivity contribution in [3.05, 3.63) is 0 Å². The molecule has 0 aromatic carbocycles. The van der Waals surface area contributed by atoms with Crippen LogP contribution in [-0.4, -0.2) is 6.04 Å². The normalized spacial score (nSPS) is 54.8. The van der Waals surface area contributed by atoms with Crippen molar-refractivity contribution in [2.45, 2.75) is 39.7 Å². The molecule has 11 heavy (non-hydrogen) atoms. The van der Waals surface area contributed by atoms with Gasteiger partial charge in [-0.15, -0.1) is 0 Å². The molecular formula is C10H19N. The van der Waals surface area contributed by atoms with Crippen LogP contribution in [0.5, 0.6) is 0 Å². The van der Waals surface area contributed by atoms with Crippen molar-refractivity contribution in [2.75, 3.05) is 0 Å². The Bertz CT molecular complexity index is 176. The van der Waals surface area contributed by atoms with Crippen LogP contribution in [0.25, 0.3) is 0 Å². The highest BCUT2D eigenvalue weighted by molar-refractivity contribution is 5.14. The lowest BCUT2D eigenvalue weighted by atomic mass is 9.89. The number of rotatable bonds is 1. The van der Waals surface area contributed by atoms with Gasteiger partial charge in [-0.2, -0.15) is 0 Å². The van der Waals surface area contributed by atoms with Crippen LogP contribution < -0.4 is 5.73 Å². The predicted molar refractivity (Wildman–Crippen MR) is 47.1 cm³/mol. The molecular weight excluding hydrogens is 134 g/mol. The molecule has 0 aromatic heterocycles. The monoisotopic (exact) mass is 153 g/mol. The summed E-state index contributed by atoms with van der Waals surface area (Å²) < 4.78 is 0. The summed E-state index contributed by atoms with van der Waals surface area (Å²) in [5.41, 5.74) is 6.70. The predicted octanol–water partition coefficient (Wildman–Crippen LogP) is 2.02. The molecule has 2 saturated carbocycles. The topological polar surface area (TPSA) is 26.0 Å². The van der Waals surface area contributed by atoms with E-state index in [2.05, 4.69) is 20.8 Å². The second-order valence-electron chi connectivity index (χ2n) is 4.93. The Morgan fingerprint density at radius 3 is 2.27 bits per heavy atom. The lowest BCUT2D eigenvalue weighted by molar-refractivity contribution is 0.335. The van der Waals surface area contributed by atoms with E-state index in [-0.39, 0.29) is 0 Å². The van der Waals surface area contributed by atoms with Crippen LogP contribution in [0.3, 0.4) is 0 Å². The largest absolute Gasteiger partial charge is 0.327 e. The fourth-order valence-corrected chi connectivity index (χ4v) is 3.12. The highest BCUT2D eigenvalue weighted by Gasteiger charge is 2.63. The van der Waals surface area contributed by atoms with Crippen molar-refractivity contribution >= 4 is 0 Å². The van der Waals surface area contributed by atoms with E-state index < -0.39 is 0 Å². The molecule has 0 aliphatic heterocycles. The molecule has 2 fully saturated rings. The van der Waals surface area contributed by atoms with Crippen LogP contribution in [0.2, 0.25) is 0 Å². The molecule has 1 nitrogen and oxygen atoms in total. The Morgan fingerprint density at radius 2 is 2.00 bits per heavy atom. The average Bonchev–Trinajstić information content (AvgIpc) is 2.57. The zero-order valence-corrected chi connectivity index (χ0v) is 7.80. The van der Waals surface area contributed by atoms with E-state index in [1.807, 2.05) is 0 Å². The van der Waals surface area contributed by atoms with E-state index in [9.17, 15) is 0 Å². The highest BCUT2D eigenvalue weighted by atomic mass is 14.8. The maximum Gasteiger partial charge on any atom is 0.00728 e. The Morgan fingerprint density at radius 1 is 1.36 bits per heavy atom. The Hall–Kier alpha value is -0.0400. The molecule has 4 atom stereocenters. The highest BCUT2D eigenvalue weighted by Crippen LogP contribution is 2.69. The first kappa shape index (κ1) is 7.60. The van der Waals surface area contributed by atoms with Gasteiger partial charge in [0.25, 0.3) is 0 Å². The standard InChI is InChI=1S/C10H19N/c1-6(2)10-4-8(10)7(3)9(11)5-10/h6-9H,4-5,11H2,1-3H3/t7-,8-,9-,10+/m1/s1. The Kier molecular flexibility index (Phi) is 1.39. The first-order valence-corrected chi connectivity index (χ1v) is 4.83. The van der Waals surface area contributed by atoms with Crippen LogP contribution in [0.4, 0.5) is 0 Å². The number of hydrogen-bond donors (Lipinski definition) is 1. The average molecular weight is 153 g/mol. The second-order valence-corrected chi connectivity index (χ2v) is 4.93. The van der Waals surface area contributed by atoms with E-state index in [0.29, 0.717) is 11.5 Å². The second kappa shape index (κ2) is 2.01. The van der Waals surface area contributed by atoms with Gasteiger partial charge < -0.3 is 5.73 Å². The van der Waals surface area contributed by atoms with Crippen molar-refractivity contribution in [1.82, 2.24) is 0 Å². The van der Waals surface area contributed by atoms with E-state index >= 15 is 0 Å². The van der Waals surface area contributed by atoms with Crippen LogP contribution in [-0.2, 0) is 0 Å². The van der Waals surface area contributed by atoms with E-state index in [0.717, 1.165) is 17.8 Å². The minimum Gasteiger partial charge on any atom is -0.327 e. The third-order valence-electron chi connectivity index (χ3n) is 4.25. The number of fused-ring (bicyclic) bond motifs is 1. The zero-order valence-electron chi connectivity index (χ0n) is 7.80. The fourth-order valence-electron chi connectivity index (χ4n) is 3.12. The fraction of sp³-hybridized carbons (Fsp3) is 1.00. The first-order valence-electron chi connectivity index (χ1n) is 4.83. The summed E-state index contributed by atoms with van der Waals surface area (Å²) in [4.78, 5) is 0. The van der Waals surface area contributed by atoms with Gasteiger partial charge in [0.15, 0.2) is 0 Å². The quantitative estimate of drug-likeness (QED) is 0.612. The molecule has 2 aliphatic carbocycles. The van der Waals surface area contributed by atoms with Crippen LogP contribution in [0.15, 0.2) is 0 Å². The van der Waals surface area contributed by atoms with Crippen molar-refractivity contribution in [2.24, 2.45) is 28.9 Å². The summed E-state index contributed by atoms with van der Waals surface area (Å²) in [6.07, 6.45) is 2.75. The van der Waals surface area contributed by atoms with Crippen molar-refractivity contribution in [3.8, 4) is 0 Å². The Balaban J connectivity index is 2.13. The molecule has 1 heteroatoms. The van der Waals surface area contributed by atoms with Crippen molar-refractivity contribution in [1.29, 1.82) is 0 Å². The summed E-state index contributed by atoms with van der Waals surface area (Å²) in [5.74, 6) is 2.61. The molecule has 0 saturated heterocycles. The molecule has 0 heterocycles. The van der Waals surface area contributed by atoms with Gasteiger partial charge in [0.2, 0.25) is 0 Å².